The van der Waals surface area contributed by atoms with Crippen LogP contribution in [0.15, 0.2) is 59.5 Å². The number of methoxy groups -OCH3 is 2. The summed E-state index contributed by atoms with van der Waals surface area (Å²) in [5.41, 5.74) is 1.49. The lowest BCUT2D eigenvalue weighted by molar-refractivity contribution is 0.355. The van der Waals surface area contributed by atoms with Gasteiger partial charge in [-0.15, -0.1) is 0 Å². The molecule has 3 heterocycles. The zero-order valence-electron chi connectivity index (χ0n) is 14.2. The predicted octanol–water partition coefficient (Wildman–Crippen LogP) is 3.00. The van der Waals surface area contributed by atoms with E-state index in [4.69, 9.17) is 14.0 Å². The minimum Gasteiger partial charge on any atom is -0.493 e. The van der Waals surface area contributed by atoms with Crippen LogP contribution in [0.2, 0.25) is 0 Å². The normalized spacial score (nSPS) is 10.7. The molecule has 0 fully saturated rings. The molecule has 0 radical (unpaired) electrons. The number of hydrogen-bond acceptors (Lipinski definition) is 7. The summed E-state index contributed by atoms with van der Waals surface area (Å²) in [5.74, 6) is 2.78. The number of benzene rings is 1. The smallest absolute Gasteiger partial charge is 0.258 e. The Labute approximate surface area is 149 Å². The van der Waals surface area contributed by atoms with Crippen molar-refractivity contribution in [2.24, 2.45) is 0 Å². The fourth-order valence-corrected chi connectivity index (χ4v) is 2.49. The van der Waals surface area contributed by atoms with Crippen molar-refractivity contribution in [1.29, 1.82) is 0 Å². The van der Waals surface area contributed by atoms with E-state index in [1.54, 1.807) is 43.4 Å². The van der Waals surface area contributed by atoms with Crippen molar-refractivity contribution in [3.8, 4) is 40.2 Å². The molecular weight excluding hydrogens is 334 g/mol. The predicted molar refractivity (Wildman–Crippen MR) is 93.2 cm³/mol. The minimum atomic E-state index is 0.386. The summed E-state index contributed by atoms with van der Waals surface area (Å²) in [6, 6.07) is 11.0. The van der Waals surface area contributed by atoms with Crippen LogP contribution >= 0.6 is 0 Å². The molecule has 0 atom stereocenters. The largest absolute Gasteiger partial charge is 0.493 e. The maximum atomic E-state index is 5.38. The second-order valence-electron chi connectivity index (χ2n) is 5.35. The molecule has 4 aromatic rings. The summed E-state index contributed by atoms with van der Waals surface area (Å²) in [7, 11) is 3.16. The number of pyridine rings is 1. The van der Waals surface area contributed by atoms with E-state index in [0.717, 1.165) is 11.1 Å². The van der Waals surface area contributed by atoms with Crippen LogP contribution in [0.25, 0.3) is 28.7 Å². The van der Waals surface area contributed by atoms with Crippen molar-refractivity contribution in [2.75, 3.05) is 14.2 Å². The summed E-state index contributed by atoms with van der Waals surface area (Å²) in [5, 5.41) is 8.18. The van der Waals surface area contributed by atoms with Crippen molar-refractivity contribution in [1.82, 2.24) is 24.9 Å². The SMILES string of the molecule is COc1ccc(-c2nc(-c3ccc(-n4cccn4)nc3)no2)cc1OC. The Bertz CT molecular complexity index is 1010. The van der Waals surface area contributed by atoms with Crippen LogP contribution in [0.3, 0.4) is 0 Å². The number of rotatable bonds is 5. The van der Waals surface area contributed by atoms with Gasteiger partial charge in [0.2, 0.25) is 5.82 Å². The molecular formula is C18H15N5O3. The van der Waals surface area contributed by atoms with Crippen LogP contribution in [-0.4, -0.2) is 39.1 Å². The Hall–Kier alpha value is -3.68. The standard InChI is InChI=1S/C18H15N5O3/c1-24-14-6-4-12(10-15(14)25-2)18-21-17(22-26-18)13-5-7-16(19-11-13)23-9-3-8-20-23/h3-11H,1-2H3. The third-order valence-corrected chi connectivity index (χ3v) is 3.80. The molecule has 130 valence electrons. The Morgan fingerprint density at radius 1 is 1.00 bits per heavy atom. The zero-order chi connectivity index (χ0) is 17.9. The summed E-state index contributed by atoms with van der Waals surface area (Å²) in [6.07, 6.45) is 5.20. The number of aromatic nitrogens is 5. The van der Waals surface area contributed by atoms with Crippen LogP contribution in [0.4, 0.5) is 0 Å². The molecule has 8 nitrogen and oxygen atoms in total. The highest BCUT2D eigenvalue weighted by Crippen LogP contribution is 2.32. The van der Waals surface area contributed by atoms with E-state index in [-0.39, 0.29) is 0 Å². The third-order valence-electron chi connectivity index (χ3n) is 3.80. The molecule has 1 aromatic carbocycles. The topological polar surface area (TPSA) is 88.1 Å². The highest BCUT2D eigenvalue weighted by Gasteiger charge is 2.14. The second-order valence-corrected chi connectivity index (χ2v) is 5.35. The molecule has 0 saturated heterocycles. The lowest BCUT2D eigenvalue weighted by Gasteiger charge is -2.07. The van der Waals surface area contributed by atoms with Crippen molar-refractivity contribution >= 4 is 0 Å². The molecule has 0 N–H and O–H groups in total. The van der Waals surface area contributed by atoms with Crippen LogP contribution in [0.1, 0.15) is 0 Å². The van der Waals surface area contributed by atoms with Gasteiger partial charge in [0.15, 0.2) is 17.3 Å². The van der Waals surface area contributed by atoms with Gasteiger partial charge in [-0.3, -0.25) is 0 Å². The molecule has 0 aliphatic rings. The first-order chi connectivity index (χ1) is 12.8. The average Bonchev–Trinajstić information content (AvgIpc) is 3.39. The molecule has 3 aromatic heterocycles. The maximum absolute atomic E-state index is 5.38. The van der Waals surface area contributed by atoms with Crippen LogP contribution < -0.4 is 9.47 Å². The lowest BCUT2D eigenvalue weighted by atomic mass is 10.2. The first-order valence-electron chi connectivity index (χ1n) is 7.81. The fourth-order valence-electron chi connectivity index (χ4n) is 2.49. The Kier molecular flexibility index (Phi) is 4.06. The average molecular weight is 349 g/mol. The summed E-state index contributed by atoms with van der Waals surface area (Å²) < 4.78 is 17.6. The quantitative estimate of drug-likeness (QED) is 0.547. The monoisotopic (exact) mass is 349 g/mol. The molecule has 0 aliphatic heterocycles. The van der Waals surface area contributed by atoms with Crippen molar-refractivity contribution in [3.63, 3.8) is 0 Å². The lowest BCUT2D eigenvalue weighted by Crippen LogP contribution is -1.97. The molecule has 0 spiro atoms. The molecule has 0 saturated carbocycles. The molecule has 0 bridgehead atoms. The van der Waals surface area contributed by atoms with E-state index >= 15 is 0 Å². The molecule has 4 rings (SSSR count). The van der Waals surface area contributed by atoms with E-state index in [1.165, 1.54) is 0 Å². The van der Waals surface area contributed by atoms with Gasteiger partial charge in [0.05, 0.1) is 14.2 Å². The highest BCUT2D eigenvalue weighted by atomic mass is 16.5. The van der Waals surface area contributed by atoms with Gasteiger partial charge < -0.3 is 14.0 Å². The Balaban J connectivity index is 1.62. The number of ether oxygens (including phenoxy) is 2. The van der Waals surface area contributed by atoms with Gasteiger partial charge in [-0.2, -0.15) is 10.1 Å². The van der Waals surface area contributed by atoms with Gasteiger partial charge in [0.25, 0.3) is 5.89 Å². The Morgan fingerprint density at radius 2 is 1.85 bits per heavy atom. The first kappa shape index (κ1) is 15.8. The first-order valence-corrected chi connectivity index (χ1v) is 7.81. The third kappa shape index (κ3) is 2.88. The van der Waals surface area contributed by atoms with Gasteiger partial charge >= 0.3 is 0 Å². The van der Waals surface area contributed by atoms with Gasteiger partial charge in [-0.1, -0.05) is 5.16 Å². The van der Waals surface area contributed by atoms with Crippen molar-refractivity contribution < 1.29 is 14.0 Å². The van der Waals surface area contributed by atoms with E-state index in [9.17, 15) is 0 Å². The van der Waals surface area contributed by atoms with Crippen molar-refractivity contribution in [3.05, 3.63) is 55.0 Å². The van der Waals surface area contributed by atoms with Gasteiger partial charge in [-0.05, 0) is 36.4 Å². The minimum absolute atomic E-state index is 0.386. The molecule has 0 aliphatic carbocycles. The van der Waals surface area contributed by atoms with Gasteiger partial charge in [0, 0.05) is 29.7 Å². The van der Waals surface area contributed by atoms with E-state index in [2.05, 4.69) is 20.2 Å². The van der Waals surface area contributed by atoms with Crippen LogP contribution in [0.5, 0.6) is 11.5 Å². The van der Waals surface area contributed by atoms with Crippen LogP contribution in [-0.2, 0) is 0 Å². The van der Waals surface area contributed by atoms with Crippen molar-refractivity contribution in [2.45, 2.75) is 0 Å². The zero-order valence-corrected chi connectivity index (χ0v) is 14.2. The fraction of sp³-hybridized carbons (Fsp3) is 0.111. The molecule has 0 amide bonds. The van der Waals surface area contributed by atoms with Crippen LogP contribution in [0, 0.1) is 0 Å². The number of nitrogens with zero attached hydrogens (tertiary/aromatic N) is 5. The van der Waals surface area contributed by atoms with E-state index in [1.807, 2.05) is 30.5 Å². The molecule has 26 heavy (non-hydrogen) atoms. The summed E-state index contributed by atoms with van der Waals surface area (Å²) in [4.78, 5) is 8.81. The molecule has 8 heteroatoms. The summed E-state index contributed by atoms with van der Waals surface area (Å²) >= 11 is 0. The van der Waals surface area contributed by atoms with Gasteiger partial charge in [-0.25, -0.2) is 9.67 Å². The van der Waals surface area contributed by atoms with E-state index in [0.29, 0.717) is 29.0 Å². The Morgan fingerprint density at radius 3 is 2.54 bits per heavy atom. The van der Waals surface area contributed by atoms with E-state index < -0.39 is 0 Å². The maximum Gasteiger partial charge on any atom is 0.258 e. The highest BCUT2D eigenvalue weighted by molar-refractivity contribution is 5.62. The second kappa shape index (κ2) is 6.67. The summed E-state index contributed by atoms with van der Waals surface area (Å²) in [6.45, 7) is 0. The number of hydrogen-bond donors (Lipinski definition) is 0. The van der Waals surface area contributed by atoms with Gasteiger partial charge in [0.1, 0.15) is 0 Å². The molecule has 0 unspecified atom stereocenters.